The quantitative estimate of drug-likeness (QED) is 0.689. The summed E-state index contributed by atoms with van der Waals surface area (Å²) in [6.07, 6.45) is 0. The van der Waals surface area contributed by atoms with Crippen molar-refractivity contribution in [2.45, 2.75) is 5.51 Å². The Kier molecular flexibility index (Phi) is 3.54. The predicted molar refractivity (Wildman–Crippen MR) is 40.0 cm³/mol. The molecule has 0 aliphatic carbocycles. The summed E-state index contributed by atoms with van der Waals surface area (Å²) in [5, 5.41) is 0. The van der Waals surface area contributed by atoms with Crippen molar-refractivity contribution in [1.29, 1.82) is 0 Å². The standard InChI is InChI=1S/C3H7F3N2O4S2/c1-8(2)14(11,12)7-13(9,10)3(4,5)6/h1-2H3,(H,7,11,12)/p-1. The second-order valence-corrected chi connectivity index (χ2v) is 5.89. The Bertz CT molecular complexity index is 416. The molecule has 0 radical (unpaired) electrons. The van der Waals surface area contributed by atoms with Crippen molar-refractivity contribution in [3.05, 3.63) is 0 Å². The average Bonchev–Trinajstić information content (AvgIpc) is 1.80. The van der Waals surface area contributed by atoms with Gasteiger partial charge in [0.05, 0.1) is 10.2 Å². The molecule has 14 heavy (non-hydrogen) atoms. The van der Waals surface area contributed by atoms with E-state index in [-0.39, 0.29) is 4.31 Å². The Labute approximate surface area is 78.9 Å². The molecule has 0 saturated carbocycles. The zero-order chi connectivity index (χ0) is 11.8. The summed E-state index contributed by atoms with van der Waals surface area (Å²) in [6, 6.07) is 0. The summed E-state index contributed by atoms with van der Waals surface area (Å²) in [4.78, 5) is 0. The number of hydrogen-bond acceptors (Lipinski definition) is 4. The molecule has 1 unspecified atom stereocenters. The molecule has 0 aliphatic heterocycles. The van der Waals surface area contributed by atoms with E-state index in [1.807, 2.05) is 0 Å². The maximum Gasteiger partial charge on any atom is 0.519 e. The van der Waals surface area contributed by atoms with Gasteiger partial charge in [0, 0.05) is 0 Å². The molecule has 0 aromatic rings. The minimum atomic E-state index is -6.01. The van der Waals surface area contributed by atoms with Crippen LogP contribution in [0.2, 0.25) is 0 Å². The zero-order valence-electron chi connectivity index (χ0n) is 6.98. The average molecular weight is 255 g/mol. The van der Waals surface area contributed by atoms with E-state index >= 15 is 0 Å². The molecule has 0 spiro atoms. The van der Waals surface area contributed by atoms with Crippen LogP contribution in [-0.4, -0.2) is 41.1 Å². The van der Waals surface area contributed by atoms with Gasteiger partial charge in [0.15, 0.2) is 0 Å². The van der Waals surface area contributed by atoms with Crippen LogP contribution < -0.4 is 0 Å². The summed E-state index contributed by atoms with van der Waals surface area (Å²) in [5.41, 5.74) is -5.71. The Hall–Kier alpha value is -0.390. The highest BCUT2D eigenvalue weighted by Crippen LogP contribution is 2.25. The lowest BCUT2D eigenvalue weighted by Gasteiger charge is -2.20. The number of hydrogen-bond donors (Lipinski definition) is 0. The smallest absolute Gasteiger partial charge is 0.519 e. The minimum Gasteiger partial charge on any atom is -0.751 e. The first-order valence-corrected chi connectivity index (χ1v) is 5.72. The zero-order valence-corrected chi connectivity index (χ0v) is 8.61. The molecular formula is C3H6F3N2O4S2-. The van der Waals surface area contributed by atoms with E-state index in [1.54, 1.807) is 3.77 Å². The molecule has 0 heterocycles. The normalized spacial score (nSPS) is 17.9. The first kappa shape index (κ1) is 13.6. The van der Waals surface area contributed by atoms with Gasteiger partial charge in [-0.05, 0) is 14.1 Å². The maximum absolute atomic E-state index is 11.7. The van der Waals surface area contributed by atoms with Gasteiger partial charge in [0.2, 0.25) is 0 Å². The topological polar surface area (TPSA) is 89.9 Å². The van der Waals surface area contributed by atoms with Crippen molar-refractivity contribution in [3.63, 3.8) is 0 Å². The third-order valence-corrected chi connectivity index (χ3v) is 3.99. The first-order valence-electron chi connectivity index (χ1n) is 2.88. The highest BCUT2D eigenvalue weighted by atomic mass is 32.3. The van der Waals surface area contributed by atoms with Crippen molar-refractivity contribution in [1.82, 2.24) is 4.31 Å². The van der Waals surface area contributed by atoms with Crippen LogP contribution in [0.1, 0.15) is 0 Å². The van der Waals surface area contributed by atoms with Gasteiger partial charge in [-0.15, -0.1) is 3.77 Å². The molecule has 0 amide bonds. The molecule has 0 saturated heterocycles. The second kappa shape index (κ2) is 3.64. The van der Waals surface area contributed by atoms with Crippen LogP contribution in [0, 0.1) is 0 Å². The van der Waals surface area contributed by atoms with Crippen molar-refractivity contribution >= 4 is 20.2 Å². The number of nitrogens with zero attached hydrogens (tertiary/aromatic N) is 2. The summed E-state index contributed by atoms with van der Waals surface area (Å²) in [5.74, 6) is 0. The molecule has 0 bridgehead atoms. The minimum absolute atomic E-state index is 0.246. The maximum atomic E-state index is 11.7. The predicted octanol–water partition coefficient (Wildman–Crippen LogP) is -0.0890. The van der Waals surface area contributed by atoms with Crippen LogP contribution in [0.25, 0.3) is 0 Å². The van der Waals surface area contributed by atoms with Crippen LogP contribution in [0.15, 0.2) is 3.77 Å². The summed E-state index contributed by atoms with van der Waals surface area (Å²) in [7, 11) is -9.09. The lowest BCUT2D eigenvalue weighted by atomic mass is 11.3. The van der Waals surface area contributed by atoms with E-state index < -0.39 is 25.7 Å². The van der Waals surface area contributed by atoms with Gasteiger partial charge >= 0.3 is 15.5 Å². The Morgan fingerprint density at radius 2 is 1.57 bits per heavy atom. The fourth-order valence-electron chi connectivity index (χ4n) is 0.233. The third-order valence-electron chi connectivity index (χ3n) is 0.946. The molecule has 0 rings (SSSR count). The fraction of sp³-hybridized carbons (Fsp3) is 1.00. The van der Waals surface area contributed by atoms with Gasteiger partial charge in [-0.2, -0.15) is 21.6 Å². The van der Waals surface area contributed by atoms with Crippen LogP contribution >= 0.6 is 0 Å². The summed E-state index contributed by atoms with van der Waals surface area (Å²) < 4.78 is 78.9. The fourth-order valence-corrected chi connectivity index (χ4v) is 2.10. The largest absolute Gasteiger partial charge is 0.751 e. The van der Waals surface area contributed by atoms with Crippen molar-refractivity contribution in [2.75, 3.05) is 14.1 Å². The Morgan fingerprint density at radius 1 is 1.21 bits per heavy atom. The molecule has 86 valence electrons. The summed E-state index contributed by atoms with van der Waals surface area (Å²) >= 11 is 0. The van der Waals surface area contributed by atoms with Crippen molar-refractivity contribution in [3.8, 4) is 0 Å². The molecule has 6 nitrogen and oxygen atoms in total. The highest BCUT2D eigenvalue weighted by Gasteiger charge is 2.46. The molecular weight excluding hydrogens is 249 g/mol. The van der Waals surface area contributed by atoms with E-state index in [2.05, 4.69) is 0 Å². The van der Waals surface area contributed by atoms with E-state index in [0.29, 0.717) is 0 Å². The lowest BCUT2D eigenvalue weighted by molar-refractivity contribution is -0.0435. The van der Waals surface area contributed by atoms with Crippen LogP contribution in [0.4, 0.5) is 13.2 Å². The van der Waals surface area contributed by atoms with Crippen molar-refractivity contribution in [2.24, 2.45) is 3.77 Å². The number of halogens is 3. The first-order chi connectivity index (χ1) is 5.90. The van der Waals surface area contributed by atoms with Gasteiger partial charge in [-0.3, -0.25) is 0 Å². The Morgan fingerprint density at radius 3 is 1.79 bits per heavy atom. The van der Waals surface area contributed by atoms with Gasteiger partial charge in [0.25, 0.3) is 0 Å². The number of sulfonamides is 1. The SMILES string of the molecule is CN(C)S(=O)([O-])=NS(=O)(=O)C(F)(F)F. The number of rotatable bonds is 2. The van der Waals surface area contributed by atoms with E-state index in [4.69, 9.17) is 0 Å². The third kappa shape index (κ3) is 3.08. The van der Waals surface area contributed by atoms with Gasteiger partial charge < -0.3 is 4.55 Å². The van der Waals surface area contributed by atoms with Gasteiger partial charge in [0.1, 0.15) is 0 Å². The van der Waals surface area contributed by atoms with E-state index in [0.717, 1.165) is 14.1 Å². The van der Waals surface area contributed by atoms with Crippen LogP contribution in [0.3, 0.4) is 0 Å². The van der Waals surface area contributed by atoms with Crippen LogP contribution in [-0.2, 0) is 20.2 Å². The molecule has 0 N–H and O–H groups in total. The van der Waals surface area contributed by atoms with Crippen molar-refractivity contribution < 1.29 is 30.4 Å². The highest BCUT2D eigenvalue weighted by molar-refractivity contribution is 8.00. The van der Waals surface area contributed by atoms with Gasteiger partial charge in [-0.1, -0.05) is 0 Å². The number of alkyl halides is 3. The summed E-state index contributed by atoms with van der Waals surface area (Å²) in [6.45, 7) is 0. The van der Waals surface area contributed by atoms with Gasteiger partial charge in [-0.25, -0.2) is 8.51 Å². The molecule has 0 aromatic carbocycles. The molecule has 0 aliphatic rings. The Balaban J connectivity index is 5.55. The van der Waals surface area contributed by atoms with Crippen LogP contribution in [0.5, 0.6) is 0 Å². The molecule has 11 heteroatoms. The lowest BCUT2D eigenvalue weighted by Crippen LogP contribution is -2.27. The molecule has 0 aromatic heterocycles. The monoisotopic (exact) mass is 255 g/mol. The van der Waals surface area contributed by atoms with E-state index in [9.17, 15) is 30.4 Å². The van der Waals surface area contributed by atoms with E-state index in [1.165, 1.54) is 0 Å². The molecule has 0 fully saturated rings. The molecule has 1 atom stereocenters. The second-order valence-electron chi connectivity index (χ2n) is 2.26.